The summed E-state index contributed by atoms with van der Waals surface area (Å²) in [4.78, 5) is 35.3. The van der Waals surface area contributed by atoms with Gasteiger partial charge in [0.2, 0.25) is 0 Å². The molecule has 0 bridgehead atoms. The Morgan fingerprint density at radius 1 is 1.03 bits per heavy atom. The van der Waals surface area contributed by atoms with Gasteiger partial charge >= 0.3 is 18.1 Å². The second-order valence-electron chi connectivity index (χ2n) is 8.89. The van der Waals surface area contributed by atoms with E-state index in [1.165, 1.54) is 12.1 Å². The molecule has 13 heteroatoms. The van der Waals surface area contributed by atoms with Gasteiger partial charge in [-0.2, -0.15) is 13.2 Å². The number of nitrogens with one attached hydrogen (secondary N) is 1. The molecule has 1 aromatic heterocycles. The fourth-order valence-electron chi connectivity index (χ4n) is 3.16. The summed E-state index contributed by atoms with van der Waals surface area (Å²) in [7, 11) is 1.55. The number of carbonyl (C=O) groups excluding carboxylic acids is 3. The van der Waals surface area contributed by atoms with E-state index in [0.29, 0.717) is 5.56 Å². The second kappa shape index (κ2) is 11.0. The van der Waals surface area contributed by atoms with Crippen molar-refractivity contribution >= 4 is 27.7 Å². The lowest BCUT2D eigenvalue weighted by molar-refractivity contribution is -0.871. The van der Waals surface area contributed by atoms with Crippen molar-refractivity contribution in [2.24, 2.45) is 0 Å². The van der Waals surface area contributed by atoms with E-state index >= 15 is 0 Å². The predicted octanol–water partition coefficient (Wildman–Crippen LogP) is 2.22. The lowest BCUT2D eigenvalue weighted by atomic mass is 10.1. The molecule has 35 heavy (non-hydrogen) atoms. The number of halogens is 3. The molecule has 0 spiro atoms. The smallest absolute Gasteiger partial charge is 0.455 e. The summed E-state index contributed by atoms with van der Waals surface area (Å²) in [6, 6.07) is 10.1. The highest BCUT2D eigenvalue weighted by atomic mass is 32.2. The van der Waals surface area contributed by atoms with Crippen molar-refractivity contribution in [2.45, 2.75) is 30.1 Å². The number of alkyl halides is 3. The summed E-state index contributed by atoms with van der Waals surface area (Å²) >= 11 is 0. The molecule has 0 saturated carbocycles. The number of carbonyl (C=O) groups is 3. The zero-order chi connectivity index (χ0) is 26.4. The summed E-state index contributed by atoms with van der Waals surface area (Å²) < 4.78 is 71.3. The molecule has 1 aromatic carbocycles. The maximum atomic E-state index is 12.6. The Labute approximate surface area is 200 Å². The van der Waals surface area contributed by atoms with Crippen LogP contribution in [0.25, 0.3) is 0 Å². The van der Waals surface area contributed by atoms with E-state index < -0.39 is 52.1 Å². The third-order valence-corrected chi connectivity index (χ3v) is 5.93. The molecule has 0 saturated heterocycles. The molecule has 1 heterocycles. The van der Waals surface area contributed by atoms with Gasteiger partial charge in [0.25, 0.3) is 5.91 Å². The van der Waals surface area contributed by atoms with Gasteiger partial charge < -0.3 is 19.0 Å². The quantitative estimate of drug-likeness (QED) is 0.290. The summed E-state index contributed by atoms with van der Waals surface area (Å²) in [6.45, 7) is 0.0973. The molecular weight excluding hydrogens is 493 g/mol. The van der Waals surface area contributed by atoms with E-state index in [2.05, 4.69) is 10.1 Å². The van der Waals surface area contributed by atoms with Gasteiger partial charge in [0, 0.05) is 0 Å². The third kappa shape index (κ3) is 9.91. The van der Waals surface area contributed by atoms with Crippen LogP contribution in [0.1, 0.15) is 28.3 Å². The van der Waals surface area contributed by atoms with Crippen LogP contribution in [-0.2, 0) is 35.7 Å². The van der Waals surface area contributed by atoms with Crippen molar-refractivity contribution in [1.82, 2.24) is 5.32 Å². The van der Waals surface area contributed by atoms with Gasteiger partial charge in [-0.15, -0.1) is 0 Å². The average Bonchev–Trinajstić information content (AvgIpc) is 3.13. The fourth-order valence-corrected chi connectivity index (χ4v) is 4.55. The van der Waals surface area contributed by atoms with E-state index in [9.17, 15) is 36.0 Å². The standard InChI is InChI=1S/C22H25F3N2O7S/c1-27(2,3)12-16(11-19(28)34-21(30)22(23,24)25)26-20(29)18-10-9-17(33-18)14-35(31,32)13-15-7-5-4-6-8-15/h4-10,16H,11-14H2,1-3H3/p+1/t16-/m1/s1. The Hall–Kier alpha value is -3.19. The number of rotatable bonds is 10. The Morgan fingerprint density at radius 3 is 2.23 bits per heavy atom. The van der Waals surface area contributed by atoms with Gasteiger partial charge in [0.1, 0.15) is 11.5 Å². The summed E-state index contributed by atoms with van der Waals surface area (Å²) in [5, 5.41) is 2.46. The van der Waals surface area contributed by atoms with Crippen LogP contribution < -0.4 is 5.32 Å². The van der Waals surface area contributed by atoms with Gasteiger partial charge in [0.05, 0.1) is 45.9 Å². The normalized spacial score (nSPS) is 13.2. The highest BCUT2D eigenvalue weighted by Gasteiger charge is 2.42. The van der Waals surface area contributed by atoms with Crippen molar-refractivity contribution < 1.29 is 49.6 Å². The van der Waals surface area contributed by atoms with Crippen LogP contribution in [-0.4, -0.2) is 70.7 Å². The maximum Gasteiger partial charge on any atom is 0.491 e. The number of nitrogens with zero attached hydrogens (tertiary/aromatic N) is 1. The van der Waals surface area contributed by atoms with E-state index in [1.807, 2.05) is 0 Å². The molecule has 0 aliphatic carbocycles. The Balaban J connectivity index is 2.05. The number of esters is 2. The fraction of sp³-hybridized carbons (Fsp3) is 0.409. The number of furan rings is 1. The average molecular weight is 520 g/mol. The van der Waals surface area contributed by atoms with Crippen LogP contribution in [0.15, 0.2) is 46.9 Å². The number of sulfone groups is 1. The minimum absolute atomic E-state index is 0.0180. The van der Waals surface area contributed by atoms with E-state index in [-0.39, 0.29) is 28.3 Å². The molecule has 0 aliphatic heterocycles. The minimum atomic E-state index is -5.33. The van der Waals surface area contributed by atoms with E-state index in [1.54, 1.807) is 51.5 Å². The summed E-state index contributed by atoms with van der Waals surface area (Å²) in [5.74, 6) is -5.83. The molecule has 1 N–H and O–H groups in total. The molecule has 0 fully saturated rings. The highest BCUT2D eigenvalue weighted by Crippen LogP contribution is 2.18. The lowest BCUT2D eigenvalue weighted by Gasteiger charge is -2.29. The Kier molecular flexibility index (Phi) is 8.84. The lowest BCUT2D eigenvalue weighted by Crippen LogP contribution is -2.50. The number of likely N-dealkylation sites (N-methyl/N-ethyl adjacent to an activating group) is 1. The number of benzene rings is 1. The van der Waals surface area contributed by atoms with Crippen molar-refractivity contribution in [2.75, 3.05) is 27.7 Å². The SMILES string of the molecule is C[N+](C)(C)C[C@@H](CC(=O)OC(=O)C(F)(F)F)NC(=O)c1ccc(CS(=O)(=O)Cc2ccccc2)o1. The number of quaternary nitrogens is 1. The van der Waals surface area contributed by atoms with Crippen LogP contribution >= 0.6 is 0 Å². The first kappa shape index (κ1) is 28.1. The first-order chi connectivity index (χ1) is 16.0. The molecule has 9 nitrogen and oxygen atoms in total. The van der Waals surface area contributed by atoms with Gasteiger partial charge in [-0.05, 0) is 17.7 Å². The van der Waals surface area contributed by atoms with Gasteiger partial charge in [-0.3, -0.25) is 9.59 Å². The topological polar surface area (TPSA) is 120 Å². The van der Waals surface area contributed by atoms with Crippen molar-refractivity contribution in [3.8, 4) is 0 Å². The molecule has 0 unspecified atom stereocenters. The van der Waals surface area contributed by atoms with Gasteiger partial charge in [0.15, 0.2) is 15.6 Å². The van der Waals surface area contributed by atoms with Crippen molar-refractivity contribution in [3.63, 3.8) is 0 Å². The van der Waals surface area contributed by atoms with Crippen molar-refractivity contribution in [1.29, 1.82) is 0 Å². The van der Waals surface area contributed by atoms with Crippen LogP contribution in [0.4, 0.5) is 13.2 Å². The number of amides is 1. The predicted molar refractivity (Wildman–Crippen MR) is 117 cm³/mol. The zero-order valence-corrected chi connectivity index (χ0v) is 20.1. The van der Waals surface area contributed by atoms with Crippen LogP contribution in [0.2, 0.25) is 0 Å². The molecule has 2 rings (SSSR count). The van der Waals surface area contributed by atoms with Crippen LogP contribution in [0.5, 0.6) is 0 Å². The highest BCUT2D eigenvalue weighted by molar-refractivity contribution is 7.89. The van der Waals surface area contributed by atoms with Gasteiger partial charge in [-0.1, -0.05) is 30.3 Å². The number of ether oxygens (including phenoxy) is 1. The van der Waals surface area contributed by atoms with Crippen LogP contribution in [0.3, 0.4) is 0 Å². The van der Waals surface area contributed by atoms with Crippen molar-refractivity contribution in [3.05, 3.63) is 59.5 Å². The molecule has 2 aromatic rings. The molecular formula is C22H26F3N2O7S+. The molecule has 1 amide bonds. The number of hydrogen-bond acceptors (Lipinski definition) is 7. The first-order valence-electron chi connectivity index (χ1n) is 10.3. The second-order valence-corrected chi connectivity index (χ2v) is 11.0. The monoisotopic (exact) mass is 519 g/mol. The first-order valence-corrected chi connectivity index (χ1v) is 12.1. The minimum Gasteiger partial charge on any atom is -0.455 e. The third-order valence-electron chi connectivity index (χ3n) is 4.43. The Bertz CT molecular complexity index is 1150. The van der Waals surface area contributed by atoms with Gasteiger partial charge in [-0.25, -0.2) is 13.2 Å². The molecule has 0 radical (unpaired) electrons. The summed E-state index contributed by atoms with van der Waals surface area (Å²) in [6.07, 6.45) is -6.04. The molecule has 192 valence electrons. The maximum absolute atomic E-state index is 12.6. The molecule has 0 aliphatic rings. The van der Waals surface area contributed by atoms with E-state index in [4.69, 9.17) is 4.42 Å². The molecule has 1 atom stereocenters. The zero-order valence-electron chi connectivity index (χ0n) is 19.3. The van der Waals surface area contributed by atoms with Crippen LogP contribution in [0, 0.1) is 0 Å². The summed E-state index contributed by atoms with van der Waals surface area (Å²) in [5.41, 5.74) is 0.594. The van der Waals surface area contributed by atoms with E-state index in [0.717, 1.165) is 0 Å². The number of hydrogen-bond donors (Lipinski definition) is 1. The Morgan fingerprint density at radius 2 is 1.66 bits per heavy atom. The largest absolute Gasteiger partial charge is 0.491 e.